The summed E-state index contributed by atoms with van der Waals surface area (Å²) in [5.74, 6) is 1.12. The van der Waals surface area contributed by atoms with Gasteiger partial charge in [-0.2, -0.15) is 0 Å². The molecule has 3 aromatic carbocycles. The van der Waals surface area contributed by atoms with Crippen LogP contribution in [0.25, 0.3) is 10.9 Å². The maximum Gasteiger partial charge on any atom is 0.240 e. The van der Waals surface area contributed by atoms with Crippen molar-refractivity contribution in [1.29, 1.82) is 0 Å². The summed E-state index contributed by atoms with van der Waals surface area (Å²) in [5.41, 5.74) is 4.14. The third kappa shape index (κ3) is 5.59. The van der Waals surface area contributed by atoms with E-state index in [1.54, 1.807) is 32.2 Å². The summed E-state index contributed by atoms with van der Waals surface area (Å²) in [6, 6.07) is 20.8. The van der Waals surface area contributed by atoms with Gasteiger partial charge in [0.25, 0.3) is 0 Å². The van der Waals surface area contributed by atoms with Gasteiger partial charge in [0.15, 0.2) is 17.4 Å². The highest BCUT2D eigenvalue weighted by Crippen LogP contribution is 2.38. The molecule has 1 aliphatic rings. The first-order chi connectivity index (χ1) is 19.0. The number of fused-ring (bicyclic) bond motifs is 1. The number of hydrogen-bond donors (Lipinski definition) is 2. The SMILES string of the molecule is COc1cc2[nH]c(O)c(C(=Nc3ccc(N(C)C(=O)CN4CCOCC4)cc3)c3ccccc3)c2cc1OC. The van der Waals surface area contributed by atoms with Crippen molar-refractivity contribution in [2.75, 3.05) is 59.0 Å². The number of benzene rings is 3. The van der Waals surface area contributed by atoms with Crippen molar-refractivity contribution in [3.63, 3.8) is 0 Å². The predicted octanol–water partition coefficient (Wildman–Crippen LogP) is 4.35. The summed E-state index contributed by atoms with van der Waals surface area (Å²) < 4.78 is 16.3. The van der Waals surface area contributed by atoms with Crippen LogP contribution in [-0.4, -0.2) is 80.7 Å². The molecule has 2 heterocycles. The molecule has 1 amide bonds. The van der Waals surface area contributed by atoms with Crippen LogP contribution >= 0.6 is 0 Å². The standard InChI is InChI=1S/C30H32N4O5/c1-33(27(35)19-34-13-15-39-16-14-34)22-11-9-21(10-12-22)31-29(20-7-5-4-6-8-20)28-23-17-25(37-2)26(38-3)18-24(23)32-30(28)36/h4-12,17-18,32,36H,13-16,19H2,1-3H3. The van der Waals surface area contributed by atoms with E-state index in [4.69, 9.17) is 19.2 Å². The van der Waals surface area contributed by atoms with Gasteiger partial charge in [-0.3, -0.25) is 9.69 Å². The molecule has 202 valence electrons. The molecule has 0 saturated carbocycles. The number of aromatic hydroxyl groups is 1. The van der Waals surface area contributed by atoms with E-state index in [0.29, 0.717) is 53.7 Å². The lowest BCUT2D eigenvalue weighted by atomic mass is 10.0. The van der Waals surface area contributed by atoms with Gasteiger partial charge in [-0.15, -0.1) is 0 Å². The second kappa shape index (κ2) is 11.6. The Morgan fingerprint density at radius 1 is 1.03 bits per heavy atom. The van der Waals surface area contributed by atoms with Crippen molar-refractivity contribution in [2.45, 2.75) is 0 Å². The molecule has 5 rings (SSSR count). The number of morpholine rings is 1. The number of H-pyrrole nitrogens is 1. The van der Waals surface area contributed by atoms with Crippen LogP contribution in [0.3, 0.4) is 0 Å². The molecule has 9 nitrogen and oxygen atoms in total. The van der Waals surface area contributed by atoms with E-state index in [0.717, 1.165) is 29.7 Å². The number of aliphatic imine (C=N–C) groups is 1. The number of ether oxygens (including phenoxy) is 3. The number of methoxy groups -OCH3 is 2. The average molecular weight is 529 g/mol. The first-order valence-electron chi connectivity index (χ1n) is 12.8. The highest BCUT2D eigenvalue weighted by molar-refractivity contribution is 6.22. The summed E-state index contributed by atoms with van der Waals surface area (Å²) in [5, 5.41) is 11.8. The lowest BCUT2D eigenvalue weighted by molar-refractivity contribution is -0.120. The molecule has 0 spiro atoms. The Morgan fingerprint density at radius 2 is 1.69 bits per heavy atom. The summed E-state index contributed by atoms with van der Waals surface area (Å²) in [6.45, 7) is 3.18. The molecule has 39 heavy (non-hydrogen) atoms. The Kier molecular flexibility index (Phi) is 7.81. The molecule has 1 aromatic heterocycles. The molecule has 2 N–H and O–H groups in total. The minimum atomic E-state index is -0.00651. The second-order valence-corrected chi connectivity index (χ2v) is 9.29. The highest BCUT2D eigenvalue weighted by Gasteiger charge is 2.21. The second-order valence-electron chi connectivity index (χ2n) is 9.29. The quantitative estimate of drug-likeness (QED) is 0.330. The van der Waals surface area contributed by atoms with Gasteiger partial charge in [0, 0.05) is 42.8 Å². The zero-order chi connectivity index (χ0) is 27.4. The number of carbonyl (C=O) groups excluding carboxylic acids is 1. The van der Waals surface area contributed by atoms with Gasteiger partial charge in [0.2, 0.25) is 5.91 Å². The third-order valence-electron chi connectivity index (χ3n) is 6.88. The molecule has 4 aromatic rings. The lowest BCUT2D eigenvalue weighted by Gasteiger charge is -2.28. The molecule has 1 fully saturated rings. The summed E-state index contributed by atoms with van der Waals surface area (Å²) >= 11 is 0. The van der Waals surface area contributed by atoms with E-state index in [1.165, 1.54) is 0 Å². The van der Waals surface area contributed by atoms with Crippen LogP contribution in [0, 0.1) is 0 Å². The minimum absolute atomic E-state index is 0.00651. The summed E-state index contributed by atoms with van der Waals surface area (Å²) in [6.07, 6.45) is 0. The maximum absolute atomic E-state index is 12.8. The number of carbonyl (C=O) groups is 1. The largest absolute Gasteiger partial charge is 0.494 e. The number of likely N-dealkylation sites (N-methyl/N-ethyl adjacent to an activating group) is 1. The van der Waals surface area contributed by atoms with Crippen molar-refractivity contribution < 1.29 is 24.1 Å². The van der Waals surface area contributed by atoms with Crippen LogP contribution in [0.5, 0.6) is 17.4 Å². The van der Waals surface area contributed by atoms with Crippen LogP contribution in [-0.2, 0) is 9.53 Å². The Labute approximate surface area is 227 Å². The number of nitrogens with one attached hydrogen (secondary N) is 1. The van der Waals surface area contributed by atoms with Gasteiger partial charge in [-0.05, 0) is 30.3 Å². The summed E-state index contributed by atoms with van der Waals surface area (Å²) in [7, 11) is 4.93. The van der Waals surface area contributed by atoms with Crippen LogP contribution in [0.4, 0.5) is 11.4 Å². The molecule has 1 aliphatic heterocycles. The number of rotatable bonds is 8. The minimum Gasteiger partial charge on any atom is -0.494 e. The molecule has 0 radical (unpaired) electrons. The van der Waals surface area contributed by atoms with Crippen molar-refractivity contribution in [2.24, 2.45) is 4.99 Å². The normalized spacial score (nSPS) is 14.4. The first kappa shape index (κ1) is 26.3. The van der Waals surface area contributed by atoms with Crippen molar-refractivity contribution >= 4 is 33.9 Å². The smallest absolute Gasteiger partial charge is 0.240 e. The van der Waals surface area contributed by atoms with Crippen LogP contribution < -0.4 is 14.4 Å². The van der Waals surface area contributed by atoms with Crippen LogP contribution in [0.2, 0.25) is 0 Å². The Hall–Kier alpha value is -4.34. The zero-order valence-corrected chi connectivity index (χ0v) is 22.3. The summed E-state index contributed by atoms with van der Waals surface area (Å²) in [4.78, 5) is 24.6. The number of amides is 1. The predicted molar refractivity (Wildman–Crippen MR) is 152 cm³/mol. The number of anilines is 1. The Morgan fingerprint density at radius 3 is 2.36 bits per heavy atom. The Bertz CT molecular complexity index is 1480. The van der Waals surface area contributed by atoms with Gasteiger partial charge in [-0.1, -0.05) is 30.3 Å². The fraction of sp³-hybridized carbons (Fsp3) is 0.267. The number of aromatic amines is 1. The number of aromatic nitrogens is 1. The van der Waals surface area contributed by atoms with Gasteiger partial charge in [-0.25, -0.2) is 4.99 Å². The van der Waals surface area contributed by atoms with Crippen molar-refractivity contribution in [3.8, 4) is 17.4 Å². The van der Waals surface area contributed by atoms with Gasteiger partial charge < -0.3 is 29.2 Å². The molecule has 0 unspecified atom stereocenters. The molecule has 0 atom stereocenters. The first-order valence-corrected chi connectivity index (χ1v) is 12.8. The maximum atomic E-state index is 12.8. The highest BCUT2D eigenvalue weighted by atomic mass is 16.5. The monoisotopic (exact) mass is 528 g/mol. The van der Waals surface area contributed by atoms with E-state index in [1.807, 2.05) is 60.7 Å². The van der Waals surface area contributed by atoms with E-state index in [2.05, 4.69) is 9.88 Å². The molecule has 1 saturated heterocycles. The zero-order valence-electron chi connectivity index (χ0n) is 22.3. The van der Waals surface area contributed by atoms with Crippen molar-refractivity contribution in [1.82, 2.24) is 9.88 Å². The van der Waals surface area contributed by atoms with E-state index >= 15 is 0 Å². The van der Waals surface area contributed by atoms with Crippen molar-refractivity contribution in [3.05, 3.63) is 77.9 Å². The molecular formula is C30H32N4O5. The van der Waals surface area contributed by atoms with E-state index in [9.17, 15) is 9.90 Å². The van der Waals surface area contributed by atoms with Gasteiger partial charge in [0.05, 0.1) is 56.5 Å². The van der Waals surface area contributed by atoms with Gasteiger partial charge in [0.1, 0.15) is 0 Å². The molecule has 0 bridgehead atoms. The fourth-order valence-corrected chi connectivity index (χ4v) is 4.69. The van der Waals surface area contributed by atoms with Gasteiger partial charge >= 0.3 is 0 Å². The number of nitrogens with zero attached hydrogens (tertiary/aromatic N) is 3. The average Bonchev–Trinajstić information content (AvgIpc) is 3.30. The van der Waals surface area contributed by atoms with E-state index < -0.39 is 0 Å². The molecule has 9 heteroatoms. The van der Waals surface area contributed by atoms with Crippen LogP contribution in [0.1, 0.15) is 11.1 Å². The molecule has 0 aliphatic carbocycles. The fourth-order valence-electron chi connectivity index (χ4n) is 4.69. The topological polar surface area (TPSA) is 99.6 Å². The molecular weight excluding hydrogens is 496 g/mol. The van der Waals surface area contributed by atoms with Crippen LogP contribution in [0.15, 0.2) is 71.7 Å². The Balaban J connectivity index is 1.49. The number of hydrogen-bond acceptors (Lipinski definition) is 7. The van der Waals surface area contributed by atoms with E-state index in [-0.39, 0.29) is 11.8 Å². The lowest BCUT2D eigenvalue weighted by Crippen LogP contribution is -2.43. The third-order valence-corrected chi connectivity index (χ3v) is 6.88.